The van der Waals surface area contributed by atoms with E-state index in [0.717, 1.165) is 122 Å². The maximum absolute atomic E-state index is 12.9. The molecule has 0 bridgehead atoms. The molecule has 0 aliphatic rings. The van der Waals surface area contributed by atoms with E-state index in [1.54, 1.807) is 0 Å². The van der Waals surface area contributed by atoms with Crippen molar-refractivity contribution in [3.8, 4) is 0 Å². The van der Waals surface area contributed by atoms with Crippen molar-refractivity contribution in [3.63, 3.8) is 0 Å². The van der Waals surface area contributed by atoms with Crippen LogP contribution in [0.5, 0.6) is 0 Å². The minimum absolute atomic E-state index is 0.0890. The lowest BCUT2D eigenvalue weighted by atomic mass is 10.1. The number of unbranched alkanes of at least 4 members (excludes halogenated alkanes) is 32. The van der Waals surface area contributed by atoms with Crippen LogP contribution in [0, 0.1) is 0 Å². The number of ether oxygens (including phenoxy) is 3. The molecule has 6 heteroatoms. The molecule has 0 spiro atoms. The molecule has 80 heavy (non-hydrogen) atoms. The normalized spacial score (nSPS) is 12.8. The Hall–Kier alpha value is -3.93. The summed E-state index contributed by atoms with van der Waals surface area (Å²) in [6.45, 7) is 6.51. The van der Waals surface area contributed by atoms with Crippen LogP contribution in [-0.4, -0.2) is 37.2 Å². The highest BCUT2D eigenvalue weighted by molar-refractivity contribution is 5.71. The second-order valence-corrected chi connectivity index (χ2v) is 22.3. The molecular formula is C74H126O6. The number of carbonyl (C=O) groups is 3. The molecule has 0 rings (SSSR count). The summed E-state index contributed by atoms with van der Waals surface area (Å²) in [4.78, 5) is 38.4. The van der Waals surface area contributed by atoms with E-state index in [4.69, 9.17) is 14.2 Å². The molecule has 0 aliphatic heterocycles. The zero-order chi connectivity index (χ0) is 57.8. The Morgan fingerprint density at radius 1 is 0.263 bits per heavy atom. The number of carbonyl (C=O) groups excluding carboxylic acids is 3. The highest BCUT2D eigenvalue weighted by Gasteiger charge is 2.19. The molecule has 0 aromatic rings. The Kier molecular flexibility index (Phi) is 64.3. The summed E-state index contributed by atoms with van der Waals surface area (Å²) >= 11 is 0. The van der Waals surface area contributed by atoms with Crippen LogP contribution in [0.3, 0.4) is 0 Å². The second kappa shape index (κ2) is 67.6. The van der Waals surface area contributed by atoms with Gasteiger partial charge in [-0.1, -0.05) is 284 Å². The lowest BCUT2D eigenvalue weighted by Crippen LogP contribution is -2.30. The van der Waals surface area contributed by atoms with Crippen molar-refractivity contribution < 1.29 is 28.6 Å². The lowest BCUT2D eigenvalue weighted by Gasteiger charge is -2.18. The minimum Gasteiger partial charge on any atom is -0.462 e. The zero-order valence-electron chi connectivity index (χ0n) is 52.6. The first-order valence-electron chi connectivity index (χ1n) is 33.9. The smallest absolute Gasteiger partial charge is 0.306 e. The monoisotopic (exact) mass is 1110 g/mol. The minimum atomic E-state index is -0.795. The van der Waals surface area contributed by atoms with Gasteiger partial charge in [0.05, 0.1) is 0 Å². The van der Waals surface area contributed by atoms with Crippen molar-refractivity contribution in [2.45, 2.75) is 329 Å². The summed E-state index contributed by atoms with van der Waals surface area (Å²) < 4.78 is 17.0. The van der Waals surface area contributed by atoms with Gasteiger partial charge in [-0.05, 0) is 128 Å². The summed E-state index contributed by atoms with van der Waals surface area (Å²) in [7, 11) is 0. The van der Waals surface area contributed by atoms with E-state index in [2.05, 4.69) is 130 Å². The van der Waals surface area contributed by atoms with Gasteiger partial charge in [0.15, 0.2) is 6.10 Å². The number of allylic oxidation sites excluding steroid dienone is 18. The van der Waals surface area contributed by atoms with Gasteiger partial charge in [0, 0.05) is 19.3 Å². The first kappa shape index (κ1) is 76.1. The van der Waals surface area contributed by atoms with Crippen LogP contribution in [0.15, 0.2) is 109 Å². The Bertz CT molecular complexity index is 1610. The standard InChI is InChI=1S/C74H126O6/c1-4-7-10-13-16-19-22-25-28-31-34-35-36-37-38-39-41-43-46-49-52-55-58-61-64-67-73(76)79-70-71(69-78-72(75)66-63-60-57-54-51-48-45-42-33-30-27-24-21-18-15-12-9-6-3)80-74(77)68-65-62-59-56-53-50-47-44-40-32-29-26-23-20-17-14-11-8-5-2/h8,11,17,20-22,24-26,29-31,33-34,36-37,40,44,71H,4-7,9-10,12-16,18-19,23,27-28,32,35,38-39,41-43,45-70H2,1-3H3/b11-8-,20-17-,24-21-,25-22-,29-26-,33-30-,34-31-,37-36-,44-40-. The molecule has 458 valence electrons. The van der Waals surface area contributed by atoms with Gasteiger partial charge in [-0.15, -0.1) is 0 Å². The Balaban J connectivity index is 4.40. The van der Waals surface area contributed by atoms with Gasteiger partial charge in [0.1, 0.15) is 13.2 Å². The SMILES string of the molecule is CC/C=C\C/C=C\C/C=C\C/C=C\CCCCCCCCC(=O)OC(COC(=O)CCCCCCCCC/C=C\C/C=C\CCCCCC)COC(=O)CCCCCCCCCCCC/C=C\C/C=C\C/C=C\CCCCCCC. The highest BCUT2D eigenvalue weighted by Crippen LogP contribution is 2.16. The fraction of sp³-hybridized carbons (Fsp3) is 0.716. The molecular weight excluding hydrogens is 985 g/mol. The highest BCUT2D eigenvalue weighted by atomic mass is 16.6. The predicted molar refractivity (Wildman–Crippen MR) is 348 cm³/mol. The summed E-state index contributed by atoms with van der Waals surface area (Å²) in [5, 5.41) is 0. The molecule has 0 fully saturated rings. The first-order chi connectivity index (χ1) is 39.5. The van der Waals surface area contributed by atoms with Gasteiger partial charge in [0.2, 0.25) is 0 Å². The van der Waals surface area contributed by atoms with E-state index in [1.807, 2.05) is 0 Å². The molecule has 0 heterocycles. The Labute approximate surface area is 495 Å². The maximum Gasteiger partial charge on any atom is 0.306 e. The third-order valence-electron chi connectivity index (χ3n) is 14.5. The molecule has 0 amide bonds. The third-order valence-corrected chi connectivity index (χ3v) is 14.5. The number of esters is 3. The van der Waals surface area contributed by atoms with Crippen molar-refractivity contribution >= 4 is 17.9 Å². The molecule has 0 aliphatic carbocycles. The van der Waals surface area contributed by atoms with Crippen LogP contribution in [0.4, 0.5) is 0 Å². The quantitative estimate of drug-likeness (QED) is 0.0261. The molecule has 0 saturated heterocycles. The topological polar surface area (TPSA) is 78.9 Å². The molecule has 0 aromatic carbocycles. The van der Waals surface area contributed by atoms with Crippen LogP contribution in [-0.2, 0) is 28.6 Å². The fourth-order valence-electron chi connectivity index (χ4n) is 9.41. The van der Waals surface area contributed by atoms with E-state index in [-0.39, 0.29) is 31.1 Å². The van der Waals surface area contributed by atoms with Gasteiger partial charge >= 0.3 is 17.9 Å². The van der Waals surface area contributed by atoms with Gasteiger partial charge in [0.25, 0.3) is 0 Å². The van der Waals surface area contributed by atoms with Gasteiger partial charge in [-0.2, -0.15) is 0 Å². The van der Waals surface area contributed by atoms with E-state index in [9.17, 15) is 14.4 Å². The van der Waals surface area contributed by atoms with Gasteiger partial charge in [-0.3, -0.25) is 14.4 Å². The van der Waals surface area contributed by atoms with E-state index in [0.29, 0.717) is 19.3 Å². The van der Waals surface area contributed by atoms with Gasteiger partial charge < -0.3 is 14.2 Å². The van der Waals surface area contributed by atoms with Crippen molar-refractivity contribution in [1.29, 1.82) is 0 Å². The van der Waals surface area contributed by atoms with E-state index < -0.39 is 6.10 Å². The Morgan fingerprint density at radius 2 is 0.487 bits per heavy atom. The molecule has 1 unspecified atom stereocenters. The largest absolute Gasteiger partial charge is 0.462 e. The number of rotatable bonds is 61. The van der Waals surface area contributed by atoms with Crippen molar-refractivity contribution in [3.05, 3.63) is 109 Å². The summed E-state index contributed by atoms with van der Waals surface area (Å²) in [5.74, 6) is -0.904. The third kappa shape index (κ3) is 64.9. The number of hydrogen-bond donors (Lipinski definition) is 0. The predicted octanol–water partition coefficient (Wildman–Crippen LogP) is 23.4. The molecule has 0 aromatic heterocycles. The molecule has 0 radical (unpaired) electrons. The lowest BCUT2D eigenvalue weighted by molar-refractivity contribution is -0.167. The summed E-state index contributed by atoms with van der Waals surface area (Å²) in [5.41, 5.74) is 0. The molecule has 0 N–H and O–H groups in total. The van der Waals surface area contributed by atoms with Crippen molar-refractivity contribution in [2.24, 2.45) is 0 Å². The van der Waals surface area contributed by atoms with Crippen LogP contribution in [0.1, 0.15) is 323 Å². The van der Waals surface area contributed by atoms with Crippen molar-refractivity contribution in [2.75, 3.05) is 13.2 Å². The Morgan fingerprint density at radius 3 is 0.775 bits per heavy atom. The fourth-order valence-corrected chi connectivity index (χ4v) is 9.41. The van der Waals surface area contributed by atoms with Crippen LogP contribution in [0.2, 0.25) is 0 Å². The maximum atomic E-state index is 12.9. The average Bonchev–Trinajstić information content (AvgIpc) is 3.46. The average molecular weight is 1110 g/mol. The van der Waals surface area contributed by atoms with Crippen LogP contribution < -0.4 is 0 Å². The van der Waals surface area contributed by atoms with E-state index >= 15 is 0 Å². The van der Waals surface area contributed by atoms with Gasteiger partial charge in [-0.25, -0.2) is 0 Å². The molecule has 1 atom stereocenters. The number of hydrogen-bond acceptors (Lipinski definition) is 6. The van der Waals surface area contributed by atoms with Crippen LogP contribution in [0.25, 0.3) is 0 Å². The van der Waals surface area contributed by atoms with E-state index in [1.165, 1.54) is 161 Å². The summed E-state index contributed by atoms with van der Waals surface area (Å²) in [6.07, 6.45) is 92.3. The molecule has 0 saturated carbocycles. The zero-order valence-corrected chi connectivity index (χ0v) is 52.6. The first-order valence-corrected chi connectivity index (χ1v) is 33.9. The second-order valence-electron chi connectivity index (χ2n) is 22.3. The van der Waals surface area contributed by atoms with Crippen LogP contribution >= 0.6 is 0 Å². The molecule has 6 nitrogen and oxygen atoms in total. The summed E-state index contributed by atoms with van der Waals surface area (Å²) in [6, 6.07) is 0. The van der Waals surface area contributed by atoms with Crippen molar-refractivity contribution in [1.82, 2.24) is 0 Å².